The number of rotatable bonds is 4. The Bertz CT molecular complexity index is 215. The van der Waals surface area contributed by atoms with Gasteiger partial charge in [-0.25, -0.2) is 0 Å². The van der Waals surface area contributed by atoms with Crippen molar-refractivity contribution in [3.8, 4) is 0 Å². The predicted molar refractivity (Wildman–Crippen MR) is 70.4 cm³/mol. The lowest BCUT2D eigenvalue weighted by Gasteiger charge is -2.44. The largest absolute Gasteiger partial charge is 0.380 e. The highest BCUT2D eigenvalue weighted by molar-refractivity contribution is 4.89. The van der Waals surface area contributed by atoms with Gasteiger partial charge >= 0.3 is 0 Å². The number of hydrogen-bond acceptors (Lipinski definition) is 4. The Morgan fingerprint density at radius 2 is 1.94 bits per heavy atom. The Labute approximate surface area is 105 Å². The van der Waals surface area contributed by atoms with Crippen LogP contribution in [0.4, 0.5) is 0 Å². The molecule has 0 aromatic rings. The lowest BCUT2D eigenvalue weighted by atomic mass is 10.0. The summed E-state index contributed by atoms with van der Waals surface area (Å²) in [7, 11) is 0. The van der Waals surface area contributed by atoms with Crippen LogP contribution in [0.15, 0.2) is 0 Å². The molecule has 2 fully saturated rings. The molecule has 0 bridgehead atoms. The lowest BCUT2D eigenvalue weighted by Crippen LogP contribution is -2.59. The third-order valence-corrected chi connectivity index (χ3v) is 4.12. The van der Waals surface area contributed by atoms with E-state index in [2.05, 4.69) is 29.0 Å². The van der Waals surface area contributed by atoms with E-state index in [1.165, 1.54) is 32.7 Å². The van der Waals surface area contributed by atoms with E-state index in [1.54, 1.807) is 0 Å². The zero-order chi connectivity index (χ0) is 12.1. The van der Waals surface area contributed by atoms with E-state index in [0.29, 0.717) is 12.1 Å². The first-order valence-corrected chi connectivity index (χ1v) is 7.12. The van der Waals surface area contributed by atoms with E-state index in [9.17, 15) is 0 Å². The summed E-state index contributed by atoms with van der Waals surface area (Å²) in [4.78, 5) is 5.15. The molecule has 0 aliphatic carbocycles. The highest BCUT2D eigenvalue weighted by Gasteiger charge is 2.31. The summed E-state index contributed by atoms with van der Waals surface area (Å²) in [6.45, 7) is 13.3. The van der Waals surface area contributed by atoms with Crippen LogP contribution in [0.2, 0.25) is 0 Å². The van der Waals surface area contributed by atoms with Gasteiger partial charge in [-0.3, -0.25) is 4.90 Å². The van der Waals surface area contributed by atoms with Gasteiger partial charge in [-0.15, -0.1) is 0 Å². The normalized spacial score (nSPS) is 32.8. The highest BCUT2D eigenvalue weighted by atomic mass is 16.5. The molecule has 0 aromatic heterocycles. The molecule has 2 unspecified atom stereocenters. The van der Waals surface area contributed by atoms with Gasteiger partial charge in [0.15, 0.2) is 0 Å². The molecule has 2 atom stereocenters. The van der Waals surface area contributed by atoms with E-state index < -0.39 is 0 Å². The molecular weight excluding hydrogens is 214 g/mol. The maximum atomic E-state index is 5.67. The van der Waals surface area contributed by atoms with E-state index in [1.807, 2.05) is 0 Å². The second kappa shape index (κ2) is 6.69. The smallest absolute Gasteiger partial charge is 0.0637 e. The van der Waals surface area contributed by atoms with Gasteiger partial charge in [0.05, 0.1) is 6.61 Å². The monoisotopic (exact) mass is 241 g/mol. The summed E-state index contributed by atoms with van der Waals surface area (Å²) < 4.78 is 5.67. The topological polar surface area (TPSA) is 27.7 Å². The molecule has 4 heteroatoms. The molecule has 0 amide bonds. The fraction of sp³-hybridized carbons (Fsp3) is 1.00. The van der Waals surface area contributed by atoms with E-state index in [-0.39, 0.29) is 0 Å². The summed E-state index contributed by atoms with van der Waals surface area (Å²) in [5, 5.41) is 3.62. The van der Waals surface area contributed by atoms with Gasteiger partial charge in [-0.2, -0.15) is 0 Å². The zero-order valence-electron chi connectivity index (χ0n) is 11.3. The molecule has 2 rings (SSSR count). The van der Waals surface area contributed by atoms with Crippen LogP contribution in [0.25, 0.3) is 0 Å². The molecule has 2 aliphatic heterocycles. The molecule has 0 radical (unpaired) electrons. The van der Waals surface area contributed by atoms with Crippen molar-refractivity contribution >= 4 is 0 Å². The van der Waals surface area contributed by atoms with Crippen LogP contribution in [0, 0.1) is 0 Å². The molecule has 4 nitrogen and oxygen atoms in total. The quantitative estimate of drug-likeness (QED) is 0.771. The average Bonchev–Trinajstić information content (AvgIpc) is 2.40. The Morgan fingerprint density at radius 3 is 2.59 bits per heavy atom. The van der Waals surface area contributed by atoms with Gasteiger partial charge in [-0.1, -0.05) is 13.8 Å². The number of likely N-dealkylation sites (N-methyl/N-ethyl adjacent to an activating group) is 2. The Balaban J connectivity index is 1.86. The summed E-state index contributed by atoms with van der Waals surface area (Å²) in [6, 6.07) is 1.21. The molecular formula is C13H27N3O. The molecule has 2 heterocycles. The van der Waals surface area contributed by atoms with Crippen molar-refractivity contribution in [2.45, 2.75) is 32.4 Å². The maximum absolute atomic E-state index is 5.67. The third kappa shape index (κ3) is 3.41. The number of piperazine rings is 1. The van der Waals surface area contributed by atoms with Crippen molar-refractivity contribution in [3.05, 3.63) is 0 Å². The Hall–Kier alpha value is -0.160. The summed E-state index contributed by atoms with van der Waals surface area (Å²) in [5.74, 6) is 0. The van der Waals surface area contributed by atoms with Gasteiger partial charge in [0, 0.05) is 44.9 Å². The lowest BCUT2D eigenvalue weighted by molar-refractivity contribution is -0.0191. The standard InChI is InChI=1S/C13H27N3O/c1-3-14-12-5-10-17-11-13(12)16-8-6-15(4-2)7-9-16/h12-14H,3-11H2,1-2H3. The molecule has 1 N–H and O–H groups in total. The van der Waals surface area contributed by atoms with E-state index >= 15 is 0 Å². The van der Waals surface area contributed by atoms with Crippen LogP contribution in [0.1, 0.15) is 20.3 Å². The van der Waals surface area contributed by atoms with E-state index in [0.717, 1.165) is 26.2 Å². The Kier molecular flexibility index (Phi) is 5.22. The predicted octanol–water partition coefficient (Wildman–Crippen LogP) is 0.391. The molecule has 0 aromatic carbocycles. The van der Waals surface area contributed by atoms with E-state index in [4.69, 9.17) is 4.74 Å². The summed E-state index contributed by atoms with van der Waals surface area (Å²) in [5.41, 5.74) is 0. The van der Waals surface area contributed by atoms with Gasteiger partial charge in [-0.05, 0) is 19.5 Å². The van der Waals surface area contributed by atoms with Crippen LogP contribution in [0.5, 0.6) is 0 Å². The molecule has 17 heavy (non-hydrogen) atoms. The molecule has 100 valence electrons. The van der Waals surface area contributed by atoms with Gasteiger partial charge in [0.1, 0.15) is 0 Å². The molecule has 0 saturated carbocycles. The SMILES string of the molecule is CCNC1CCOCC1N1CCN(CC)CC1. The van der Waals surface area contributed by atoms with Crippen LogP contribution in [0.3, 0.4) is 0 Å². The second-order valence-corrected chi connectivity index (χ2v) is 5.07. The highest BCUT2D eigenvalue weighted by Crippen LogP contribution is 2.16. The number of nitrogens with zero attached hydrogens (tertiary/aromatic N) is 2. The first-order chi connectivity index (χ1) is 8.35. The average molecular weight is 241 g/mol. The van der Waals surface area contributed by atoms with Crippen LogP contribution >= 0.6 is 0 Å². The number of nitrogens with one attached hydrogen (secondary N) is 1. The fourth-order valence-corrected chi connectivity index (χ4v) is 2.99. The first kappa shape index (κ1) is 13.3. The van der Waals surface area contributed by atoms with Crippen molar-refractivity contribution in [3.63, 3.8) is 0 Å². The first-order valence-electron chi connectivity index (χ1n) is 7.12. The zero-order valence-corrected chi connectivity index (χ0v) is 11.3. The summed E-state index contributed by atoms with van der Waals surface area (Å²) in [6.07, 6.45) is 1.16. The van der Waals surface area contributed by atoms with Crippen molar-refractivity contribution < 1.29 is 4.74 Å². The third-order valence-electron chi connectivity index (χ3n) is 4.12. The van der Waals surface area contributed by atoms with Crippen LogP contribution in [-0.4, -0.2) is 74.4 Å². The van der Waals surface area contributed by atoms with Crippen molar-refractivity contribution in [1.29, 1.82) is 0 Å². The molecule has 2 saturated heterocycles. The minimum Gasteiger partial charge on any atom is -0.380 e. The maximum Gasteiger partial charge on any atom is 0.0637 e. The number of ether oxygens (including phenoxy) is 1. The number of hydrogen-bond donors (Lipinski definition) is 1. The molecule has 0 spiro atoms. The van der Waals surface area contributed by atoms with Gasteiger partial charge < -0.3 is 15.0 Å². The Morgan fingerprint density at radius 1 is 1.18 bits per heavy atom. The van der Waals surface area contributed by atoms with Crippen LogP contribution < -0.4 is 5.32 Å². The van der Waals surface area contributed by atoms with Gasteiger partial charge in [0.2, 0.25) is 0 Å². The van der Waals surface area contributed by atoms with Crippen LogP contribution in [-0.2, 0) is 4.74 Å². The van der Waals surface area contributed by atoms with Crippen molar-refractivity contribution in [2.24, 2.45) is 0 Å². The summed E-state index contributed by atoms with van der Waals surface area (Å²) >= 11 is 0. The minimum atomic E-state index is 0.586. The van der Waals surface area contributed by atoms with Crippen molar-refractivity contribution in [1.82, 2.24) is 15.1 Å². The van der Waals surface area contributed by atoms with Gasteiger partial charge in [0.25, 0.3) is 0 Å². The fourth-order valence-electron chi connectivity index (χ4n) is 2.99. The second-order valence-electron chi connectivity index (χ2n) is 5.07. The molecule has 2 aliphatic rings. The van der Waals surface area contributed by atoms with Crippen molar-refractivity contribution in [2.75, 3.05) is 52.5 Å². The minimum absolute atomic E-state index is 0.586.